The van der Waals surface area contributed by atoms with Crippen LogP contribution in [-0.2, 0) is 4.79 Å². The maximum Gasteiger partial charge on any atom is 0.307 e. The molecule has 0 radical (unpaired) electrons. The predicted molar refractivity (Wildman–Crippen MR) is 83.0 cm³/mol. The van der Waals surface area contributed by atoms with E-state index in [1.54, 1.807) is 25.1 Å². The van der Waals surface area contributed by atoms with Gasteiger partial charge in [0.2, 0.25) is 5.91 Å². The Hall–Kier alpha value is -2.41. The molecule has 0 saturated carbocycles. The van der Waals surface area contributed by atoms with Crippen LogP contribution in [0.3, 0.4) is 0 Å². The molecule has 1 atom stereocenters. The van der Waals surface area contributed by atoms with Crippen molar-refractivity contribution in [1.82, 2.24) is 9.78 Å². The number of amides is 1. The van der Waals surface area contributed by atoms with Gasteiger partial charge >= 0.3 is 5.69 Å². The maximum absolute atomic E-state index is 12.4. The number of nitro groups is 1. The van der Waals surface area contributed by atoms with Crippen LogP contribution in [0.25, 0.3) is 0 Å². The van der Waals surface area contributed by atoms with Crippen molar-refractivity contribution in [3.05, 3.63) is 51.3 Å². The van der Waals surface area contributed by atoms with Crippen LogP contribution in [-0.4, -0.2) is 20.6 Å². The summed E-state index contributed by atoms with van der Waals surface area (Å²) >= 11 is 6.02. The third-order valence-electron chi connectivity index (χ3n) is 3.33. The normalized spacial score (nSPS) is 12.0. The second-order valence-corrected chi connectivity index (χ2v) is 5.17. The van der Waals surface area contributed by atoms with Crippen LogP contribution in [0.5, 0.6) is 0 Å². The Morgan fingerprint density at radius 1 is 1.55 bits per heavy atom. The highest BCUT2D eigenvalue weighted by Crippen LogP contribution is 2.24. The standard InChI is InChI=1S/C14H15ClN4O3/c1-3-13(18-8-10(7-16-18)19(21)22)14(20)17-12-6-4-5-11(15)9(12)2/h4-8,13H,3H2,1-2H3,(H,17,20). The lowest BCUT2D eigenvalue weighted by Crippen LogP contribution is -2.26. The minimum Gasteiger partial charge on any atom is -0.324 e. The summed E-state index contributed by atoms with van der Waals surface area (Å²) in [5, 5.41) is 17.9. The van der Waals surface area contributed by atoms with E-state index in [2.05, 4.69) is 10.4 Å². The molecule has 0 aliphatic heterocycles. The van der Waals surface area contributed by atoms with Crippen molar-refractivity contribution in [2.75, 3.05) is 5.32 Å². The molecular formula is C14H15ClN4O3. The van der Waals surface area contributed by atoms with Gasteiger partial charge in [-0.05, 0) is 31.0 Å². The Labute approximate surface area is 132 Å². The van der Waals surface area contributed by atoms with E-state index >= 15 is 0 Å². The van der Waals surface area contributed by atoms with Gasteiger partial charge in [-0.2, -0.15) is 5.10 Å². The quantitative estimate of drug-likeness (QED) is 0.675. The van der Waals surface area contributed by atoms with Crippen molar-refractivity contribution in [2.24, 2.45) is 0 Å². The number of carbonyl (C=O) groups is 1. The van der Waals surface area contributed by atoms with Crippen molar-refractivity contribution < 1.29 is 9.72 Å². The van der Waals surface area contributed by atoms with Crippen molar-refractivity contribution in [3.8, 4) is 0 Å². The van der Waals surface area contributed by atoms with Gasteiger partial charge in [-0.1, -0.05) is 24.6 Å². The molecule has 0 bridgehead atoms. The van der Waals surface area contributed by atoms with Crippen LogP contribution in [0.15, 0.2) is 30.6 Å². The zero-order valence-corrected chi connectivity index (χ0v) is 12.9. The molecule has 0 spiro atoms. The highest BCUT2D eigenvalue weighted by molar-refractivity contribution is 6.31. The number of nitrogens with one attached hydrogen (secondary N) is 1. The molecular weight excluding hydrogens is 308 g/mol. The van der Waals surface area contributed by atoms with E-state index in [9.17, 15) is 14.9 Å². The summed E-state index contributed by atoms with van der Waals surface area (Å²) in [6.07, 6.45) is 2.82. The number of nitrogens with zero attached hydrogens (tertiary/aromatic N) is 3. The van der Waals surface area contributed by atoms with E-state index in [1.807, 2.05) is 6.92 Å². The number of rotatable bonds is 5. The van der Waals surface area contributed by atoms with Gasteiger partial charge < -0.3 is 5.32 Å². The number of benzene rings is 1. The summed E-state index contributed by atoms with van der Waals surface area (Å²) < 4.78 is 1.30. The number of anilines is 1. The summed E-state index contributed by atoms with van der Waals surface area (Å²) in [6.45, 7) is 3.61. The maximum atomic E-state index is 12.4. The van der Waals surface area contributed by atoms with E-state index in [4.69, 9.17) is 11.6 Å². The smallest absolute Gasteiger partial charge is 0.307 e. The molecule has 1 N–H and O–H groups in total. The fourth-order valence-electron chi connectivity index (χ4n) is 2.04. The molecule has 7 nitrogen and oxygen atoms in total. The van der Waals surface area contributed by atoms with Crippen molar-refractivity contribution in [1.29, 1.82) is 0 Å². The van der Waals surface area contributed by atoms with Gasteiger partial charge in [-0.15, -0.1) is 0 Å². The van der Waals surface area contributed by atoms with Gasteiger partial charge in [0.05, 0.1) is 4.92 Å². The van der Waals surface area contributed by atoms with Gasteiger partial charge in [0, 0.05) is 10.7 Å². The van der Waals surface area contributed by atoms with E-state index in [-0.39, 0.29) is 11.6 Å². The fraction of sp³-hybridized carbons (Fsp3) is 0.286. The second kappa shape index (κ2) is 6.57. The average molecular weight is 323 g/mol. The van der Waals surface area contributed by atoms with Crippen LogP contribution in [0, 0.1) is 17.0 Å². The Bertz CT molecular complexity index is 714. The topological polar surface area (TPSA) is 90.1 Å². The highest BCUT2D eigenvalue weighted by atomic mass is 35.5. The minimum absolute atomic E-state index is 0.148. The molecule has 0 aliphatic rings. The minimum atomic E-state index is -0.632. The monoisotopic (exact) mass is 322 g/mol. The molecule has 0 saturated heterocycles. The Balaban J connectivity index is 2.21. The zero-order valence-electron chi connectivity index (χ0n) is 12.1. The first-order valence-corrected chi connectivity index (χ1v) is 7.06. The van der Waals surface area contributed by atoms with Crippen LogP contribution in [0.1, 0.15) is 24.9 Å². The van der Waals surface area contributed by atoms with Crippen LogP contribution in [0.2, 0.25) is 5.02 Å². The first-order valence-electron chi connectivity index (χ1n) is 6.68. The van der Waals surface area contributed by atoms with Crippen molar-refractivity contribution >= 4 is 28.9 Å². The summed E-state index contributed by atoms with van der Waals surface area (Å²) in [5.74, 6) is -0.300. The molecule has 1 aromatic heterocycles. The van der Waals surface area contributed by atoms with Crippen LogP contribution >= 0.6 is 11.6 Å². The van der Waals surface area contributed by atoms with E-state index in [0.717, 1.165) is 11.8 Å². The lowest BCUT2D eigenvalue weighted by molar-refractivity contribution is -0.385. The molecule has 2 rings (SSSR count). The fourth-order valence-corrected chi connectivity index (χ4v) is 2.22. The number of halogens is 1. The number of hydrogen-bond donors (Lipinski definition) is 1. The van der Waals surface area contributed by atoms with Crippen LogP contribution < -0.4 is 5.32 Å². The molecule has 0 fully saturated rings. The zero-order chi connectivity index (χ0) is 16.3. The molecule has 8 heteroatoms. The second-order valence-electron chi connectivity index (χ2n) is 4.76. The lowest BCUT2D eigenvalue weighted by Gasteiger charge is -2.16. The molecule has 0 aliphatic carbocycles. The third-order valence-corrected chi connectivity index (χ3v) is 3.74. The van der Waals surface area contributed by atoms with Crippen LogP contribution in [0.4, 0.5) is 11.4 Å². The first kappa shape index (κ1) is 16.0. The largest absolute Gasteiger partial charge is 0.324 e. The summed E-state index contributed by atoms with van der Waals surface area (Å²) in [4.78, 5) is 22.6. The molecule has 1 aromatic carbocycles. The van der Waals surface area contributed by atoms with E-state index in [1.165, 1.54) is 10.9 Å². The SMILES string of the molecule is CCC(C(=O)Nc1cccc(Cl)c1C)n1cc([N+](=O)[O-])cn1. The number of aromatic nitrogens is 2. The average Bonchev–Trinajstić information content (AvgIpc) is 2.94. The molecule has 116 valence electrons. The molecule has 22 heavy (non-hydrogen) atoms. The van der Waals surface area contributed by atoms with Crippen molar-refractivity contribution in [3.63, 3.8) is 0 Å². The van der Waals surface area contributed by atoms with Gasteiger partial charge in [0.15, 0.2) is 0 Å². The van der Waals surface area contributed by atoms with E-state index in [0.29, 0.717) is 17.1 Å². The van der Waals surface area contributed by atoms with Gasteiger partial charge in [0.25, 0.3) is 0 Å². The Morgan fingerprint density at radius 3 is 2.86 bits per heavy atom. The third kappa shape index (κ3) is 3.25. The first-order chi connectivity index (χ1) is 10.4. The molecule has 1 amide bonds. The summed E-state index contributed by atoms with van der Waals surface area (Å²) in [6, 6.07) is 4.59. The lowest BCUT2D eigenvalue weighted by atomic mass is 10.1. The molecule has 1 heterocycles. The predicted octanol–water partition coefficient (Wildman–Crippen LogP) is 3.34. The van der Waals surface area contributed by atoms with Crippen molar-refractivity contribution in [2.45, 2.75) is 26.3 Å². The highest BCUT2D eigenvalue weighted by Gasteiger charge is 2.22. The van der Waals surface area contributed by atoms with E-state index < -0.39 is 11.0 Å². The molecule has 2 aromatic rings. The summed E-state index contributed by atoms with van der Waals surface area (Å²) in [7, 11) is 0. The Kier molecular flexibility index (Phi) is 4.77. The Morgan fingerprint density at radius 2 is 2.27 bits per heavy atom. The summed E-state index contributed by atoms with van der Waals surface area (Å²) in [5.41, 5.74) is 1.22. The molecule has 1 unspecified atom stereocenters. The van der Waals surface area contributed by atoms with Gasteiger partial charge in [-0.3, -0.25) is 19.6 Å². The van der Waals surface area contributed by atoms with Gasteiger partial charge in [0.1, 0.15) is 18.4 Å². The number of carbonyl (C=O) groups excluding carboxylic acids is 1. The van der Waals surface area contributed by atoms with Gasteiger partial charge in [-0.25, -0.2) is 0 Å². The number of hydrogen-bond acceptors (Lipinski definition) is 4.